The van der Waals surface area contributed by atoms with Crippen LogP contribution in [0, 0.1) is 6.92 Å². The molecular weight excluding hydrogens is 354 g/mol. The highest BCUT2D eigenvalue weighted by atomic mass is 16.5. The lowest BCUT2D eigenvalue weighted by atomic mass is 10.0. The van der Waals surface area contributed by atoms with Crippen LogP contribution in [0.25, 0.3) is 0 Å². The summed E-state index contributed by atoms with van der Waals surface area (Å²) in [5.74, 6) is 3.52. The van der Waals surface area contributed by atoms with Crippen molar-refractivity contribution in [3.05, 3.63) is 41.7 Å². The van der Waals surface area contributed by atoms with Gasteiger partial charge in [0.25, 0.3) is 5.91 Å². The minimum Gasteiger partial charge on any atom is -0.480 e. The van der Waals surface area contributed by atoms with Crippen LogP contribution in [0.5, 0.6) is 5.75 Å². The fourth-order valence-corrected chi connectivity index (χ4v) is 3.79. The SMILES string of the molecule is Cc1nc(N(C)C)cc(N2CCN(C(=O)C3CCc4ccccc4O3)CC2)n1. The zero-order valence-electron chi connectivity index (χ0n) is 16.8. The predicted molar refractivity (Wildman–Crippen MR) is 109 cm³/mol. The highest BCUT2D eigenvalue weighted by molar-refractivity contribution is 5.82. The van der Waals surface area contributed by atoms with Crippen molar-refractivity contribution >= 4 is 17.5 Å². The summed E-state index contributed by atoms with van der Waals surface area (Å²) >= 11 is 0. The highest BCUT2D eigenvalue weighted by Gasteiger charge is 2.31. The molecule has 148 valence electrons. The fraction of sp³-hybridized carbons (Fsp3) is 0.476. The summed E-state index contributed by atoms with van der Waals surface area (Å²) in [7, 11) is 3.95. The molecule has 0 bridgehead atoms. The van der Waals surface area contributed by atoms with Crippen LogP contribution in [0.15, 0.2) is 30.3 Å². The maximum absolute atomic E-state index is 13.0. The van der Waals surface area contributed by atoms with Crippen LogP contribution in [0.2, 0.25) is 0 Å². The topological polar surface area (TPSA) is 61.8 Å². The Balaban J connectivity index is 1.39. The van der Waals surface area contributed by atoms with Crippen molar-refractivity contribution in [1.82, 2.24) is 14.9 Å². The third-order valence-corrected chi connectivity index (χ3v) is 5.38. The van der Waals surface area contributed by atoms with Crippen molar-refractivity contribution in [2.24, 2.45) is 0 Å². The van der Waals surface area contributed by atoms with E-state index in [1.807, 2.05) is 55.1 Å². The van der Waals surface area contributed by atoms with Crippen LogP contribution in [0.3, 0.4) is 0 Å². The van der Waals surface area contributed by atoms with Crippen molar-refractivity contribution in [2.45, 2.75) is 25.9 Å². The molecule has 0 saturated carbocycles. The summed E-state index contributed by atoms with van der Waals surface area (Å²) in [4.78, 5) is 28.1. The number of anilines is 2. The van der Waals surface area contributed by atoms with E-state index in [9.17, 15) is 4.79 Å². The van der Waals surface area contributed by atoms with Gasteiger partial charge in [0, 0.05) is 46.3 Å². The number of para-hydroxylation sites is 1. The van der Waals surface area contributed by atoms with E-state index in [0.29, 0.717) is 13.1 Å². The number of amides is 1. The number of aromatic nitrogens is 2. The second-order valence-corrected chi connectivity index (χ2v) is 7.59. The van der Waals surface area contributed by atoms with Crippen LogP contribution in [-0.2, 0) is 11.2 Å². The van der Waals surface area contributed by atoms with Crippen molar-refractivity contribution in [3.63, 3.8) is 0 Å². The Morgan fingerprint density at radius 2 is 1.89 bits per heavy atom. The molecule has 0 spiro atoms. The number of nitrogens with zero attached hydrogens (tertiary/aromatic N) is 5. The number of carbonyl (C=O) groups is 1. The summed E-state index contributed by atoms with van der Waals surface area (Å²) < 4.78 is 5.99. The highest BCUT2D eigenvalue weighted by Crippen LogP contribution is 2.28. The van der Waals surface area contributed by atoms with Crippen LogP contribution in [-0.4, -0.2) is 67.2 Å². The fourth-order valence-electron chi connectivity index (χ4n) is 3.79. The summed E-state index contributed by atoms with van der Waals surface area (Å²) in [6.45, 7) is 4.80. The predicted octanol–water partition coefficient (Wildman–Crippen LogP) is 1.89. The molecule has 1 atom stereocenters. The summed E-state index contributed by atoms with van der Waals surface area (Å²) in [6, 6.07) is 9.99. The minimum absolute atomic E-state index is 0.0991. The molecule has 1 saturated heterocycles. The lowest BCUT2D eigenvalue weighted by Crippen LogP contribution is -2.53. The van der Waals surface area contributed by atoms with Gasteiger partial charge in [-0.05, 0) is 31.4 Å². The smallest absolute Gasteiger partial charge is 0.263 e. The molecule has 2 aliphatic heterocycles. The van der Waals surface area contributed by atoms with Gasteiger partial charge in [0.15, 0.2) is 6.10 Å². The molecule has 2 aromatic rings. The Labute approximate surface area is 165 Å². The molecule has 1 unspecified atom stereocenters. The maximum Gasteiger partial charge on any atom is 0.263 e. The molecular formula is C21H27N5O2. The summed E-state index contributed by atoms with van der Waals surface area (Å²) in [5.41, 5.74) is 1.19. The van der Waals surface area contributed by atoms with E-state index in [-0.39, 0.29) is 12.0 Å². The molecule has 1 aromatic heterocycles. The lowest BCUT2D eigenvalue weighted by molar-refractivity contribution is -0.139. The van der Waals surface area contributed by atoms with E-state index in [1.165, 1.54) is 5.56 Å². The first-order valence-corrected chi connectivity index (χ1v) is 9.82. The second-order valence-electron chi connectivity index (χ2n) is 7.59. The van der Waals surface area contributed by atoms with Crippen LogP contribution in [0.1, 0.15) is 17.8 Å². The van der Waals surface area contributed by atoms with Crippen molar-refractivity contribution in [1.29, 1.82) is 0 Å². The van der Waals surface area contributed by atoms with Gasteiger partial charge in [-0.25, -0.2) is 9.97 Å². The van der Waals surface area contributed by atoms with Crippen LogP contribution < -0.4 is 14.5 Å². The lowest BCUT2D eigenvalue weighted by Gasteiger charge is -2.38. The first-order valence-electron chi connectivity index (χ1n) is 9.82. The minimum atomic E-state index is -0.372. The molecule has 3 heterocycles. The third kappa shape index (κ3) is 3.74. The van der Waals surface area contributed by atoms with Crippen LogP contribution >= 0.6 is 0 Å². The Bertz CT molecular complexity index is 862. The molecule has 7 nitrogen and oxygen atoms in total. The Morgan fingerprint density at radius 1 is 1.14 bits per heavy atom. The van der Waals surface area contributed by atoms with Crippen molar-refractivity contribution in [2.75, 3.05) is 50.1 Å². The summed E-state index contributed by atoms with van der Waals surface area (Å²) in [5, 5.41) is 0. The van der Waals surface area contributed by atoms with Gasteiger partial charge < -0.3 is 19.4 Å². The van der Waals surface area contributed by atoms with Gasteiger partial charge in [0.05, 0.1) is 0 Å². The van der Waals surface area contributed by atoms with Crippen molar-refractivity contribution < 1.29 is 9.53 Å². The average Bonchev–Trinajstić information content (AvgIpc) is 2.72. The number of carbonyl (C=O) groups excluding carboxylic acids is 1. The molecule has 7 heteroatoms. The first kappa shape index (κ1) is 18.5. The Kier molecular flexibility index (Phi) is 5.07. The third-order valence-electron chi connectivity index (χ3n) is 5.38. The number of hydrogen-bond acceptors (Lipinski definition) is 6. The zero-order chi connectivity index (χ0) is 19.7. The second kappa shape index (κ2) is 7.66. The van der Waals surface area contributed by atoms with Gasteiger partial charge in [0.1, 0.15) is 23.2 Å². The number of piperazine rings is 1. The number of fused-ring (bicyclic) bond motifs is 1. The normalized spacial score (nSPS) is 19.0. The van der Waals surface area contributed by atoms with Gasteiger partial charge in [-0.3, -0.25) is 4.79 Å². The number of benzene rings is 1. The van der Waals surface area contributed by atoms with Gasteiger partial charge in [-0.1, -0.05) is 18.2 Å². The molecule has 0 radical (unpaired) electrons. The van der Waals surface area contributed by atoms with Gasteiger partial charge in [-0.2, -0.15) is 0 Å². The molecule has 0 N–H and O–H groups in total. The molecule has 1 aromatic carbocycles. The number of hydrogen-bond donors (Lipinski definition) is 0. The van der Waals surface area contributed by atoms with E-state index in [1.54, 1.807) is 0 Å². The largest absolute Gasteiger partial charge is 0.480 e. The first-order chi connectivity index (χ1) is 13.5. The van der Waals surface area contributed by atoms with E-state index < -0.39 is 0 Å². The standard InChI is InChI=1S/C21H27N5O2/c1-15-22-19(24(2)3)14-20(23-15)25-10-12-26(13-11-25)21(27)18-9-8-16-6-4-5-7-17(16)28-18/h4-7,14,18H,8-13H2,1-3H3. The number of rotatable bonds is 3. The molecule has 28 heavy (non-hydrogen) atoms. The van der Waals surface area contributed by atoms with Crippen LogP contribution in [0.4, 0.5) is 11.6 Å². The quantitative estimate of drug-likeness (QED) is 0.809. The van der Waals surface area contributed by atoms with Gasteiger partial charge >= 0.3 is 0 Å². The van der Waals surface area contributed by atoms with E-state index in [2.05, 4.69) is 20.9 Å². The van der Waals surface area contributed by atoms with Crippen molar-refractivity contribution in [3.8, 4) is 5.75 Å². The molecule has 4 rings (SSSR count). The zero-order valence-corrected chi connectivity index (χ0v) is 16.8. The molecule has 1 fully saturated rings. The van der Waals surface area contributed by atoms with Gasteiger partial charge in [0.2, 0.25) is 0 Å². The van der Waals surface area contributed by atoms with E-state index in [0.717, 1.165) is 49.1 Å². The Hall–Kier alpha value is -2.83. The van der Waals surface area contributed by atoms with Gasteiger partial charge in [-0.15, -0.1) is 0 Å². The molecule has 1 amide bonds. The molecule has 2 aliphatic rings. The number of ether oxygens (including phenoxy) is 1. The Morgan fingerprint density at radius 3 is 2.64 bits per heavy atom. The monoisotopic (exact) mass is 381 g/mol. The number of aryl methyl sites for hydroxylation is 2. The van der Waals surface area contributed by atoms with E-state index >= 15 is 0 Å². The maximum atomic E-state index is 13.0. The molecule has 0 aliphatic carbocycles. The van der Waals surface area contributed by atoms with E-state index in [4.69, 9.17) is 4.74 Å². The summed E-state index contributed by atoms with van der Waals surface area (Å²) in [6.07, 6.45) is 1.26. The average molecular weight is 381 g/mol.